The maximum atomic E-state index is 5.93. The molecule has 1 atom stereocenters. The molecule has 2 N–H and O–H groups in total. The first-order valence-electron chi connectivity index (χ1n) is 4.81. The fourth-order valence-electron chi connectivity index (χ4n) is 1.84. The van der Waals surface area contributed by atoms with Gasteiger partial charge in [-0.05, 0) is 36.1 Å². The van der Waals surface area contributed by atoms with Gasteiger partial charge in [-0.15, -0.1) is 0 Å². The lowest BCUT2D eigenvalue weighted by Gasteiger charge is -2.08. The van der Waals surface area contributed by atoms with E-state index in [1.165, 1.54) is 11.1 Å². The Morgan fingerprint density at radius 3 is 3.14 bits per heavy atom. The van der Waals surface area contributed by atoms with E-state index in [0.717, 1.165) is 18.6 Å². The summed E-state index contributed by atoms with van der Waals surface area (Å²) in [5.74, 6) is 0.861. The average Bonchev–Trinajstić information content (AvgIpc) is 2.57. The molecule has 3 nitrogen and oxygen atoms in total. The van der Waals surface area contributed by atoms with Crippen molar-refractivity contribution in [2.45, 2.75) is 18.9 Å². The van der Waals surface area contributed by atoms with Crippen LogP contribution in [0.25, 0.3) is 0 Å². The zero-order chi connectivity index (χ0) is 9.97. The summed E-state index contributed by atoms with van der Waals surface area (Å²) in [6.45, 7) is 0.296. The first kappa shape index (κ1) is 9.49. The lowest BCUT2D eigenvalue weighted by molar-refractivity contribution is 0.0511. The van der Waals surface area contributed by atoms with Crippen LogP contribution in [0, 0.1) is 0 Å². The van der Waals surface area contributed by atoms with Crippen LogP contribution in [0.3, 0.4) is 0 Å². The summed E-state index contributed by atoms with van der Waals surface area (Å²) >= 11 is 0. The van der Waals surface area contributed by atoms with Gasteiger partial charge < -0.3 is 15.2 Å². The fraction of sp³-hybridized carbons (Fsp3) is 0.455. The van der Waals surface area contributed by atoms with Gasteiger partial charge in [0.05, 0.1) is 0 Å². The number of aryl methyl sites for hydroxylation is 1. The van der Waals surface area contributed by atoms with Gasteiger partial charge in [0.2, 0.25) is 0 Å². The Labute approximate surface area is 83.8 Å². The highest BCUT2D eigenvalue weighted by molar-refractivity contribution is 5.40. The Kier molecular flexibility index (Phi) is 2.70. The van der Waals surface area contributed by atoms with E-state index in [4.69, 9.17) is 15.2 Å². The molecule has 0 fully saturated rings. The molecule has 0 spiro atoms. The molecule has 0 radical (unpaired) electrons. The predicted molar refractivity (Wildman–Crippen MR) is 54.2 cm³/mol. The number of rotatable bonds is 3. The van der Waals surface area contributed by atoms with Gasteiger partial charge in [0.25, 0.3) is 0 Å². The van der Waals surface area contributed by atoms with Crippen LogP contribution >= 0.6 is 0 Å². The van der Waals surface area contributed by atoms with Gasteiger partial charge in [-0.3, -0.25) is 0 Å². The van der Waals surface area contributed by atoms with Gasteiger partial charge in [0, 0.05) is 13.2 Å². The molecule has 0 unspecified atom stereocenters. The number of nitrogens with two attached hydrogens (primary N) is 1. The quantitative estimate of drug-likeness (QED) is 0.742. The summed E-state index contributed by atoms with van der Waals surface area (Å²) in [4.78, 5) is 0. The van der Waals surface area contributed by atoms with Crippen molar-refractivity contribution in [1.82, 2.24) is 0 Å². The first-order valence-corrected chi connectivity index (χ1v) is 4.81. The monoisotopic (exact) mass is 193 g/mol. The standard InChI is InChI=1S/C11H15NO2/c1-13-7-14-9-3-4-10-8(6-9)2-5-11(10)12/h3-4,6,11H,2,5,7,12H2,1H3/t11-/m0/s1. The van der Waals surface area contributed by atoms with Gasteiger partial charge in [0.1, 0.15) is 5.75 Å². The SMILES string of the molecule is COCOc1ccc2c(c1)CC[C@@H]2N. The minimum Gasteiger partial charge on any atom is -0.468 e. The number of ether oxygens (including phenoxy) is 2. The number of benzene rings is 1. The van der Waals surface area contributed by atoms with Gasteiger partial charge >= 0.3 is 0 Å². The molecule has 1 aromatic rings. The van der Waals surface area contributed by atoms with E-state index < -0.39 is 0 Å². The fourth-order valence-corrected chi connectivity index (χ4v) is 1.84. The van der Waals surface area contributed by atoms with Crippen LogP contribution in [-0.4, -0.2) is 13.9 Å². The third kappa shape index (κ3) is 1.74. The Hall–Kier alpha value is -1.06. The predicted octanol–water partition coefficient (Wildman–Crippen LogP) is 1.62. The van der Waals surface area contributed by atoms with E-state index in [1.807, 2.05) is 6.07 Å². The molecular formula is C11H15NO2. The van der Waals surface area contributed by atoms with E-state index >= 15 is 0 Å². The van der Waals surface area contributed by atoms with E-state index in [0.29, 0.717) is 6.79 Å². The molecule has 0 aliphatic heterocycles. The molecule has 0 amide bonds. The normalized spacial score (nSPS) is 19.4. The molecule has 1 aliphatic rings. The molecule has 1 aliphatic carbocycles. The van der Waals surface area contributed by atoms with E-state index in [2.05, 4.69) is 12.1 Å². The van der Waals surface area contributed by atoms with Crippen molar-refractivity contribution in [2.75, 3.05) is 13.9 Å². The Bertz CT molecular complexity index is 325. The third-order valence-electron chi connectivity index (χ3n) is 2.58. The number of methoxy groups -OCH3 is 1. The minimum absolute atomic E-state index is 0.210. The Balaban J connectivity index is 2.15. The van der Waals surface area contributed by atoms with Crippen LogP contribution in [0.15, 0.2) is 18.2 Å². The van der Waals surface area contributed by atoms with Crippen LogP contribution in [0.4, 0.5) is 0 Å². The van der Waals surface area contributed by atoms with Crippen LogP contribution in [0.1, 0.15) is 23.6 Å². The minimum atomic E-state index is 0.210. The zero-order valence-electron chi connectivity index (χ0n) is 8.32. The smallest absolute Gasteiger partial charge is 0.188 e. The van der Waals surface area contributed by atoms with Crippen molar-refractivity contribution in [3.8, 4) is 5.75 Å². The molecule has 0 saturated heterocycles. The van der Waals surface area contributed by atoms with Gasteiger partial charge in [-0.2, -0.15) is 0 Å². The van der Waals surface area contributed by atoms with Crippen LogP contribution in [-0.2, 0) is 11.2 Å². The lowest BCUT2D eigenvalue weighted by atomic mass is 10.1. The van der Waals surface area contributed by atoms with Crippen molar-refractivity contribution in [2.24, 2.45) is 5.73 Å². The largest absolute Gasteiger partial charge is 0.468 e. The maximum Gasteiger partial charge on any atom is 0.188 e. The Morgan fingerprint density at radius 1 is 1.50 bits per heavy atom. The molecule has 1 aromatic carbocycles. The second-order valence-corrected chi connectivity index (χ2v) is 3.56. The molecule has 2 rings (SSSR count). The van der Waals surface area contributed by atoms with E-state index in [1.54, 1.807) is 7.11 Å². The molecular weight excluding hydrogens is 178 g/mol. The second kappa shape index (κ2) is 3.98. The van der Waals surface area contributed by atoms with Gasteiger partial charge in [-0.1, -0.05) is 6.07 Å². The van der Waals surface area contributed by atoms with Crippen molar-refractivity contribution in [3.63, 3.8) is 0 Å². The van der Waals surface area contributed by atoms with Crippen molar-refractivity contribution < 1.29 is 9.47 Å². The number of hydrogen-bond acceptors (Lipinski definition) is 3. The third-order valence-corrected chi connectivity index (χ3v) is 2.58. The van der Waals surface area contributed by atoms with Crippen molar-refractivity contribution in [1.29, 1.82) is 0 Å². The maximum absolute atomic E-state index is 5.93. The highest BCUT2D eigenvalue weighted by Crippen LogP contribution is 2.31. The topological polar surface area (TPSA) is 44.5 Å². The summed E-state index contributed by atoms with van der Waals surface area (Å²) < 4.78 is 10.2. The molecule has 0 bridgehead atoms. The molecule has 76 valence electrons. The summed E-state index contributed by atoms with van der Waals surface area (Å²) in [6, 6.07) is 6.27. The molecule has 14 heavy (non-hydrogen) atoms. The van der Waals surface area contributed by atoms with E-state index in [9.17, 15) is 0 Å². The molecule has 3 heteroatoms. The van der Waals surface area contributed by atoms with E-state index in [-0.39, 0.29) is 6.04 Å². The van der Waals surface area contributed by atoms with Crippen molar-refractivity contribution in [3.05, 3.63) is 29.3 Å². The number of hydrogen-bond donors (Lipinski definition) is 1. The summed E-state index contributed by atoms with van der Waals surface area (Å²) in [5, 5.41) is 0. The van der Waals surface area contributed by atoms with Crippen LogP contribution in [0.5, 0.6) is 5.75 Å². The summed E-state index contributed by atoms with van der Waals surface area (Å²) in [6.07, 6.45) is 2.10. The summed E-state index contributed by atoms with van der Waals surface area (Å²) in [7, 11) is 1.61. The van der Waals surface area contributed by atoms with Crippen LogP contribution < -0.4 is 10.5 Å². The highest BCUT2D eigenvalue weighted by Gasteiger charge is 2.18. The zero-order valence-corrected chi connectivity index (χ0v) is 8.32. The first-order chi connectivity index (χ1) is 6.81. The Morgan fingerprint density at radius 2 is 2.36 bits per heavy atom. The van der Waals surface area contributed by atoms with Crippen LogP contribution in [0.2, 0.25) is 0 Å². The highest BCUT2D eigenvalue weighted by atomic mass is 16.7. The van der Waals surface area contributed by atoms with Gasteiger partial charge in [0.15, 0.2) is 6.79 Å². The number of fused-ring (bicyclic) bond motifs is 1. The van der Waals surface area contributed by atoms with Crippen molar-refractivity contribution >= 4 is 0 Å². The molecule has 0 heterocycles. The molecule has 0 saturated carbocycles. The molecule has 0 aromatic heterocycles. The second-order valence-electron chi connectivity index (χ2n) is 3.56. The van der Waals surface area contributed by atoms with Gasteiger partial charge in [-0.25, -0.2) is 0 Å². The lowest BCUT2D eigenvalue weighted by Crippen LogP contribution is -2.05. The average molecular weight is 193 g/mol. The summed E-state index contributed by atoms with van der Waals surface area (Å²) in [5.41, 5.74) is 8.50.